The van der Waals surface area contributed by atoms with Crippen LogP contribution >= 0.6 is 11.3 Å². The van der Waals surface area contributed by atoms with Gasteiger partial charge in [-0.2, -0.15) is 4.98 Å². The summed E-state index contributed by atoms with van der Waals surface area (Å²) in [5.41, 5.74) is 1.07. The van der Waals surface area contributed by atoms with Gasteiger partial charge in [0.25, 0.3) is 0 Å². The van der Waals surface area contributed by atoms with Gasteiger partial charge in [0.05, 0.1) is 23.4 Å². The first kappa shape index (κ1) is 15.5. The van der Waals surface area contributed by atoms with Gasteiger partial charge in [0.15, 0.2) is 0 Å². The zero-order chi connectivity index (χ0) is 16.8. The van der Waals surface area contributed by atoms with Crippen molar-refractivity contribution < 1.29 is 9.84 Å². The molecule has 3 aliphatic heterocycles. The highest BCUT2D eigenvalue weighted by molar-refractivity contribution is 7.09. The monoisotopic (exact) mass is 359 g/mol. The van der Waals surface area contributed by atoms with Crippen LogP contribution in [0.25, 0.3) is 0 Å². The van der Waals surface area contributed by atoms with Gasteiger partial charge in [0, 0.05) is 62.3 Å². The number of anilines is 2. The van der Waals surface area contributed by atoms with Crippen molar-refractivity contribution in [3.63, 3.8) is 0 Å². The zero-order valence-electron chi connectivity index (χ0n) is 13.9. The number of aliphatic hydroxyl groups is 1. The average Bonchev–Trinajstić information content (AvgIpc) is 3.23. The first-order valence-corrected chi connectivity index (χ1v) is 9.68. The molecule has 0 radical (unpaired) electrons. The highest BCUT2D eigenvalue weighted by atomic mass is 32.1. The quantitative estimate of drug-likeness (QED) is 0.880. The standard InChI is InChI=1S/C17H21N5O2S/c23-13-8-22(9-13)17-19-14(11-1-3-24-10-11)5-15(20-17)21-6-12(7-21)16-18-2-4-25-16/h2,4-5,11-13,23H,1,3,6-10H2. The van der Waals surface area contributed by atoms with Gasteiger partial charge in [-0.1, -0.05) is 0 Å². The normalized spacial score (nSPS) is 24.4. The molecule has 8 heteroatoms. The molecule has 2 aromatic rings. The van der Waals surface area contributed by atoms with Crippen molar-refractivity contribution in [1.82, 2.24) is 15.0 Å². The van der Waals surface area contributed by atoms with Crippen molar-refractivity contribution in [2.75, 3.05) is 49.2 Å². The molecular formula is C17H21N5O2S. The van der Waals surface area contributed by atoms with E-state index in [1.54, 1.807) is 11.3 Å². The Bertz CT molecular complexity index is 738. The molecule has 1 atom stereocenters. The average molecular weight is 359 g/mol. The Hall–Kier alpha value is -1.77. The van der Waals surface area contributed by atoms with E-state index in [1.807, 2.05) is 16.5 Å². The van der Waals surface area contributed by atoms with E-state index in [2.05, 4.69) is 16.0 Å². The van der Waals surface area contributed by atoms with Crippen molar-refractivity contribution in [3.05, 3.63) is 28.3 Å². The smallest absolute Gasteiger partial charge is 0.227 e. The van der Waals surface area contributed by atoms with Crippen LogP contribution in [0.2, 0.25) is 0 Å². The van der Waals surface area contributed by atoms with Crippen LogP contribution in [0.3, 0.4) is 0 Å². The molecule has 25 heavy (non-hydrogen) atoms. The Balaban J connectivity index is 1.38. The van der Waals surface area contributed by atoms with Crippen molar-refractivity contribution >= 4 is 23.1 Å². The predicted molar refractivity (Wildman–Crippen MR) is 95.5 cm³/mol. The van der Waals surface area contributed by atoms with Crippen LogP contribution < -0.4 is 9.80 Å². The molecule has 0 amide bonds. The summed E-state index contributed by atoms with van der Waals surface area (Å²) in [5.74, 6) is 2.58. The van der Waals surface area contributed by atoms with Crippen molar-refractivity contribution in [2.45, 2.75) is 24.4 Å². The van der Waals surface area contributed by atoms with Crippen LogP contribution in [0.5, 0.6) is 0 Å². The maximum Gasteiger partial charge on any atom is 0.227 e. The van der Waals surface area contributed by atoms with Gasteiger partial charge >= 0.3 is 0 Å². The molecule has 132 valence electrons. The van der Waals surface area contributed by atoms with E-state index in [9.17, 15) is 5.11 Å². The minimum Gasteiger partial charge on any atom is -0.389 e. The number of nitrogens with zero attached hydrogens (tertiary/aromatic N) is 5. The van der Waals surface area contributed by atoms with E-state index < -0.39 is 0 Å². The summed E-state index contributed by atoms with van der Waals surface area (Å²) >= 11 is 1.73. The third-order valence-corrected chi connectivity index (χ3v) is 6.16. The Morgan fingerprint density at radius 1 is 1.12 bits per heavy atom. The summed E-state index contributed by atoms with van der Waals surface area (Å²) in [4.78, 5) is 18.3. The largest absolute Gasteiger partial charge is 0.389 e. The first-order chi connectivity index (χ1) is 12.3. The van der Waals surface area contributed by atoms with Crippen molar-refractivity contribution in [2.24, 2.45) is 0 Å². The maximum atomic E-state index is 9.60. The van der Waals surface area contributed by atoms with Crippen LogP contribution in [-0.2, 0) is 4.74 Å². The van der Waals surface area contributed by atoms with Crippen LogP contribution in [0.1, 0.15) is 29.0 Å². The van der Waals surface area contributed by atoms with E-state index in [1.165, 1.54) is 5.01 Å². The SMILES string of the molecule is OC1CN(c2nc(C3CCOC3)cc(N3CC(c4nccs4)C3)n2)C1. The van der Waals surface area contributed by atoms with Crippen LogP contribution in [0, 0.1) is 0 Å². The molecule has 0 aliphatic carbocycles. The fourth-order valence-electron chi connectivity index (χ4n) is 3.60. The zero-order valence-corrected chi connectivity index (χ0v) is 14.7. The summed E-state index contributed by atoms with van der Waals surface area (Å²) in [6, 6.07) is 2.12. The lowest BCUT2D eigenvalue weighted by molar-refractivity contribution is 0.140. The minimum atomic E-state index is -0.260. The molecule has 0 saturated carbocycles. The number of hydrogen-bond acceptors (Lipinski definition) is 8. The highest BCUT2D eigenvalue weighted by Gasteiger charge is 2.34. The maximum absolute atomic E-state index is 9.60. The predicted octanol–water partition coefficient (Wildman–Crippen LogP) is 1.22. The number of thiazole rings is 1. The Kier molecular flexibility index (Phi) is 3.83. The van der Waals surface area contributed by atoms with Crippen LogP contribution in [0.15, 0.2) is 17.6 Å². The third kappa shape index (κ3) is 2.88. The van der Waals surface area contributed by atoms with Crippen molar-refractivity contribution in [1.29, 1.82) is 0 Å². The first-order valence-electron chi connectivity index (χ1n) is 8.80. The van der Waals surface area contributed by atoms with Gasteiger partial charge in [0.2, 0.25) is 5.95 Å². The lowest BCUT2D eigenvalue weighted by atomic mass is 10.00. The second-order valence-electron chi connectivity index (χ2n) is 7.04. The van der Waals surface area contributed by atoms with E-state index in [4.69, 9.17) is 14.7 Å². The van der Waals surface area contributed by atoms with Crippen LogP contribution in [0.4, 0.5) is 11.8 Å². The molecule has 1 unspecified atom stereocenters. The van der Waals surface area contributed by atoms with Gasteiger partial charge in [-0.15, -0.1) is 11.3 Å². The summed E-state index contributed by atoms with van der Waals surface area (Å²) < 4.78 is 5.54. The van der Waals surface area contributed by atoms with E-state index in [0.717, 1.165) is 50.2 Å². The molecule has 3 saturated heterocycles. The number of rotatable bonds is 4. The molecule has 3 aliphatic rings. The topological polar surface area (TPSA) is 74.6 Å². The van der Waals surface area contributed by atoms with Crippen LogP contribution in [-0.4, -0.2) is 65.6 Å². The second kappa shape index (κ2) is 6.19. The third-order valence-electron chi connectivity index (χ3n) is 5.22. The van der Waals surface area contributed by atoms with Gasteiger partial charge < -0.3 is 19.6 Å². The summed E-state index contributed by atoms with van der Waals surface area (Å²) in [5, 5.41) is 12.8. The van der Waals surface area contributed by atoms with E-state index >= 15 is 0 Å². The molecule has 0 bridgehead atoms. The molecule has 7 nitrogen and oxygen atoms in total. The molecule has 1 N–H and O–H groups in total. The number of hydrogen-bond donors (Lipinski definition) is 1. The lowest BCUT2D eigenvalue weighted by Gasteiger charge is -2.41. The molecule has 5 heterocycles. The fraction of sp³-hybridized carbons (Fsp3) is 0.588. The summed E-state index contributed by atoms with van der Waals surface area (Å²) in [7, 11) is 0. The fourth-order valence-corrected chi connectivity index (χ4v) is 4.32. The lowest BCUT2D eigenvalue weighted by Crippen LogP contribution is -2.52. The highest BCUT2D eigenvalue weighted by Crippen LogP contribution is 2.35. The molecule has 2 aromatic heterocycles. The Morgan fingerprint density at radius 3 is 2.68 bits per heavy atom. The summed E-state index contributed by atoms with van der Waals surface area (Å²) in [6.45, 7) is 4.68. The van der Waals surface area contributed by atoms with Gasteiger partial charge in [-0.25, -0.2) is 9.97 Å². The van der Waals surface area contributed by atoms with Gasteiger partial charge in [-0.3, -0.25) is 0 Å². The molecule has 5 rings (SSSR count). The molecule has 3 fully saturated rings. The second-order valence-corrected chi connectivity index (χ2v) is 7.97. The van der Waals surface area contributed by atoms with E-state index in [0.29, 0.717) is 24.9 Å². The number of aliphatic hydroxyl groups excluding tert-OH is 1. The van der Waals surface area contributed by atoms with Gasteiger partial charge in [0.1, 0.15) is 5.82 Å². The Morgan fingerprint density at radius 2 is 2.00 bits per heavy atom. The van der Waals surface area contributed by atoms with E-state index in [-0.39, 0.29) is 6.10 Å². The number of aromatic nitrogens is 3. The summed E-state index contributed by atoms with van der Waals surface area (Å²) in [6.07, 6.45) is 2.63. The van der Waals surface area contributed by atoms with Crippen molar-refractivity contribution in [3.8, 4) is 0 Å². The molecule has 0 aromatic carbocycles. The minimum absolute atomic E-state index is 0.260. The Labute approximate surface area is 150 Å². The molecular weight excluding hydrogens is 338 g/mol. The number of ether oxygens (including phenoxy) is 1. The number of β-amino-alcohol motifs (C(OH)–C–C–N with tert-alkyl or cyclic N) is 1. The van der Waals surface area contributed by atoms with Gasteiger partial charge in [-0.05, 0) is 6.42 Å². The molecule has 0 spiro atoms.